The summed E-state index contributed by atoms with van der Waals surface area (Å²) in [5, 5.41) is 10.1. The summed E-state index contributed by atoms with van der Waals surface area (Å²) < 4.78 is 7.58. The Labute approximate surface area is 126 Å². The maximum atomic E-state index is 12.4. The first-order valence-electron chi connectivity index (χ1n) is 6.47. The molecule has 0 saturated carbocycles. The zero-order valence-corrected chi connectivity index (χ0v) is 13.4. The van der Waals surface area contributed by atoms with Crippen LogP contribution in [0, 0.1) is 0 Å². The van der Waals surface area contributed by atoms with Gasteiger partial charge in [-0.05, 0) is 54.8 Å². The predicted octanol–water partition coefficient (Wildman–Crippen LogP) is 3.72. The van der Waals surface area contributed by atoms with Gasteiger partial charge >= 0.3 is 6.09 Å². The van der Waals surface area contributed by atoms with Gasteiger partial charge in [0.05, 0.1) is 10.1 Å². The molecule has 0 aliphatic rings. The molecule has 2 rings (SSSR count). The molecule has 0 aliphatic heterocycles. The quantitative estimate of drug-likeness (QED) is 0.906. The van der Waals surface area contributed by atoms with Gasteiger partial charge in [0.15, 0.2) is 0 Å². The minimum atomic E-state index is -0.557. The van der Waals surface area contributed by atoms with E-state index >= 15 is 0 Å². The van der Waals surface area contributed by atoms with Gasteiger partial charge in [0.1, 0.15) is 5.60 Å². The van der Waals surface area contributed by atoms with E-state index in [0.29, 0.717) is 11.0 Å². The van der Waals surface area contributed by atoms with E-state index in [9.17, 15) is 9.90 Å². The summed E-state index contributed by atoms with van der Waals surface area (Å²) in [6.45, 7) is 5.53. The fourth-order valence-electron chi connectivity index (χ4n) is 2.11. The van der Waals surface area contributed by atoms with Crippen LogP contribution in [0.2, 0.25) is 0 Å². The molecule has 0 amide bonds. The van der Waals surface area contributed by atoms with E-state index < -0.39 is 11.7 Å². The minimum Gasteiger partial charge on any atom is -0.443 e. The lowest BCUT2D eigenvalue weighted by Crippen LogP contribution is -2.27. The number of rotatable bonds is 2. The Morgan fingerprint density at radius 3 is 2.60 bits per heavy atom. The largest absolute Gasteiger partial charge is 0.443 e. The van der Waals surface area contributed by atoms with Gasteiger partial charge in [-0.15, -0.1) is 0 Å². The predicted molar refractivity (Wildman–Crippen MR) is 82.1 cm³/mol. The van der Waals surface area contributed by atoms with Gasteiger partial charge in [-0.2, -0.15) is 0 Å². The van der Waals surface area contributed by atoms with Crippen molar-refractivity contribution in [3.8, 4) is 0 Å². The molecule has 0 aliphatic carbocycles. The number of fused-ring (bicyclic) bond motifs is 1. The second-order valence-corrected chi connectivity index (χ2v) is 6.33. The Balaban J connectivity index is 2.58. The number of hydrogen-bond donors (Lipinski definition) is 1. The van der Waals surface area contributed by atoms with E-state index in [-0.39, 0.29) is 6.61 Å². The Morgan fingerprint density at radius 1 is 1.35 bits per heavy atom. The van der Waals surface area contributed by atoms with Crippen molar-refractivity contribution in [1.82, 2.24) is 4.57 Å². The summed E-state index contributed by atoms with van der Waals surface area (Å²) in [5.74, 6) is 0. The van der Waals surface area contributed by atoms with Crippen molar-refractivity contribution in [2.45, 2.75) is 32.8 Å². The number of ether oxygens (including phenoxy) is 1. The van der Waals surface area contributed by atoms with E-state index in [1.807, 2.05) is 45.0 Å². The first-order valence-corrected chi connectivity index (χ1v) is 7.26. The molecule has 4 nitrogen and oxygen atoms in total. The second kappa shape index (κ2) is 5.58. The molecule has 1 N–H and O–H groups in total. The molecular formula is C15H18BrNO3. The van der Waals surface area contributed by atoms with Crippen LogP contribution in [0.3, 0.4) is 0 Å². The summed E-state index contributed by atoms with van der Waals surface area (Å²) in [6.07, 6.45) is 0.0569. The third-order valence-corrected chi connectivity index (χ3v) is 3.69. The molecule has 2 aromatic rings. The highest BCUT2D eigenvalue weighted by atomic mass is 79.9. The molecule has 0 fully saturated rings. The van der Waals surface area contributed by atoms with E-state index in [4.69, 9.17) is 4.74 Å². The molecular weight excluding hydrogens is 322 g/mol. The Kier molecular flexibility index (Phi) is 4.20. The van der Waals surface area contributed by atoms with Crippen molar-refractivity contribution in [3.63, 3.8) is 0 Å². The van der Waals surface area contributed by atoms with Crippen LogP contribution in [0.15, 0.2) is 28.9 Å². The molecule has 1 aromatic heterocycles. The maximum absolute atomic E-state index is 12.4. The van der Waals surface area contributed by atoms with Gasteiger partial charge in [0, 0.05) is 12.0 Å². The van der Waals surface area contributed by atoms with E-state index in [1.54, 1.807) is 0 Å². The number of para-hydroxylation sites is 1. The lowest BCUT2D eigenvalue weighted by Gasteiger charge is -2.20. The maximum Gasteiger partial charge on any atom is 0.419 e. The number of hydrogen-bond acceptors (Lipinski definition) is 3. The first-order chi connectivity index (χ1) is 9.35. The molecule has 108 valence electrons. The number of halogens is 1. The van der Waals surface area contributed by atoms with E-state index in [1.165, 1.54) is 4.57 Å². The summed E-state index contributed by atoms with van der Waals surface area (Å²) in [4.78, 5) is 12.4. The van der Waals surface area contributed by atoms with Gasteiger partial charge < -0.3 is 9.84 Å². The molecule has 1 aromatic carbocycles. The van der Waals surface area contributed by atoms with Crippen molar-refractivity contribution in [1.29, 1.82) is 0 Å². The average Bonchev–Trinajstić information content (AvgIpc) is 2.61. The van der Waals surface area contributed by atoms with Crippen molar-refractivity contribution >= 4 is 32.9 Å². The molecule has 20 heavy (non-hydrogen) atoms. The molecule has 0 spiro atoms. The number of aromatic nitrogens is 1. The fraction of sp³-hybridized carbons (Fsp3) is 0.400. The Hall–Kier alpha value is -1.33. The number of benzene rings is 1. The minimum absolute atomic E-state index is 0.0287. The molecule has 0 atom stereocenters. The summed E-state index contributed by atoms with van der Waals surface area (Å²) >= 11 is 3.45. The highest BCUT2D eigenvalue weighted by molar-refractivity contribution is 9.10. The highest BCUT2D eigenvalue weighted by Crippen LogP contribution is 2.31. The molecule has 0 bridgehead atoms. The van der Waals surface area contributed by atoms with Crippen LogP contribution in [0.5, 0.6) is 0 Å². The molecule has 1 heterocycles. The summed E-state index contributed by atoms with van der Waals surface area (Å²) in [7, 11) is 0. The molecule has 0 radical (unpaired) electrons. The fourth-order valence-corrected chi connectivity index (χ4v) is 2.86. The Bertz CT molecular complexity index is 640. The molecule has 0 saturated heterocycles. The lowest BCUT2D eigenvalue weighted by atomic mass is 10.1. The molecule has 0 unspecified atom stereocenters. The molecule has 5 heteroatoms. The number of aliphatic hydroxyl groups excluding tert-OH is 1. The van der Waals surface area contributed by atoms with Gasteiger partial charge in [-0.1, -0.05) is 18.2 Å². The summed E-state index contributed by atoms with van der Waals surface area (Å²) in [6, 6.07) is 7.59. The van der Waals surface area contributed by atoms with Gasteiger partial charge in [-0.3, -0.25) is 0 Å². The van der Waals surface area contributed by atoms with Crippen LogP contribution in [0.4, 0.5) is 4.79 Å². The van der Waals surface area contributed by atoms with Gasteiger partial charge in [-0.25, -0.2) is 9.36 Å². The van der Waals surface area contributed by atoms with Crippen molar-refractivity contribution in [2.24, 2.45) is 0 Å². The van der Waals surface area contributed by atoms with Crippen LogP contribution in [-0.2, 0) is 11.2 Å². The number of aliphatic hydroxyl groups is 1. The standard InChI is InChI=1S/C15H18BrNO3/c1-15(2,3)20-14(19)17-12-7-5-4-6-10(12)11(8-9-18)13(17)16/h4-7,18H,8-9H2,1-3H3. The van der Waals surface area contributed by atoms with Crippen LogP contribution in [0.1, 0.15) is 26.3 Å². The number of carbonyl (C=O) groups excluding carboxylic acids is 1. The number of carbonyl (C=O) groups is 1. The van der Waals surface area contributed by atoms with E-state index in [0.717, 1.165) is 16.5 Å². The topological polar surface area (TPSA) is 51.5 Å². The lowest BCUT2D eigenvalue weighted by molar-refractivity contribution is 0.0540. The smallest absolute Gasteiger partial charge is 0.419 e. The zero-order valence-electron chi connectivity index (χ0n) is 11.8. The van der Waals surface area contributed by atoms with Gasteiger partial charge in [0.25, 0.3) is 0 Å². The van der Waals surface area contributed by atoms with Gasteiger partial charge in [0.2, 0.25) is 0 Å². The highest BCUT2D eigenvalue weighted by Gasteiger charge is 2.24. The van der Waals surface area contributed by atoms with Crippen molar-refractivity contribution in [2.75, 3.05) is 6.61 Å². The average molecular weight is 340 g/mol. The first kappa shape index (κ1) is 15.1. The second-order valence-electron chi connectivity index (χ2n) is 5.58. The monoisotopic (exact) mass is 339 g/mol. The van der Waals surface area contributed by atoms with Crippen LogP contribution in [-0.4, -0.2) is 28.0 Å². The summed E-state index contributed by atoms with van der Waals surface area (Å²) in [5.41, 5.74) is 1.13. The normalized spacial score (nSPS) is 11.8. The van der Waals surface area contributed by atoms with E-state index in [2.05, 4.69) is 15.9 Å². The SMILES string of the molecule is CC(C)(C)OC(=O)n1c(Br)c(CCO)c2ccccc21. The van der Waals surface area contributed by atoms with Crippen LogP contribution in [0.25, 0.3) is 10.9 Å². The van der Waals surface area contributed by atoms with Crippen LogP contribution < -0.4 is 0 Å². The number of nitrogens with zero attached hydrogens (tertiary/aromatic N) is 1. The third-order valence-electron chi connectivity index (χ3n) is 2.85. The van der Waals surface area contributed by atoms with Crippen LogP contribution >= 0.6 is 15.9 Å². The zero-order chi connectivity index (χ0) is 14.9. The Morgan fingerprint density at radius 2 is 2.00 bits per heavy atom. The van der Waals surface area contributed by atoms with Crippen molar-refractivity contribution < 1.29 is 14.6 Å². The van der Waals surface area contributed by atoms with Crippen molar-refractivity contribution in [3.05, 3.63) is 34.4 Å². The third kappa shape index (κ3) is 2.88.